The van der Waals surface area contributed by atoms with Crippen LogP contribution >= 0.6 is 24.0 Å². The molecule has 126 valence electrons. The quantitative estimate of drug-likeness (QED) is 0.321. The Balaban J connectivity index is 0.00000441. The second-order valence-corrected chi connectivity index (χ2v) is 5.79. The fourth-order valence-electron chi connectivity index (χ4n) is 1.71. The molecule has 0 bridgehead atoms. The highest BCUT2D eigenvalue weighted by molar-refractivity contribution is 14.0. The van der Waals surface area contributed by atoms with Crippen molar-refractivity contribution in [2.24, 2.45) is 4.99 Å². The molecule has 0 amide bonds. The number of benzene rings is 1. The molecule has 2 N–H and O–H groups in total. The fraction of sp³-hybridized carbons (Fsp3) is 0.562. The molecule has 0 heterocycles. The van der Waals surface area contributed by atoms with Crippen molar-refractivity contribution < 1.29 is 9.47 Å². The van der Waals surface area contributed by atoms with Crippen LogP contribution in [0.5, 0.6) is 5.75 Å². The molecule has 0 radical (unpaired) electrons. The number of hydrogen-bond donors (Lipinski definition) is 2. The van der Waals surface area contributed by atoms with Crippen molar-refractivity contribution in [3.63, 3.8) is 0 Å². The van der Waals surface area contributed by atoms with E-state index in [-0.39, 0.29) is 29.5 Å². The Kier molecular flexibility index (Phi) is 10.2. The van der Waals surface area contributed by atoms with Crippen LogP contribution < -0.4 is 15.4 Å². The number of halogens is 1. The Morgan fingerprint density at radius 2 is 1.95 bits per heavy atom. The number of rotatable bonds is 6. The summed E-state index contributed by atoms with van der Waals surface area (Å²) in [5.74, 6) is 1.64. The van der Waals surface area contributed by atoms with Crippen LogP contribution in [-0.4, -0.2) is 38.9 Å². The summed E-state index contributed by atoms with van der Waals surface area (Å²) in [5.41, 5.74) is 1.12. The van der Waals surface area contributed by atoms with Gasteiger partial charge in [0, 0.05) is 26.2 Å². The Hall–Kier alpha value is -1.02. The first kappa shape index (κ1) is 21.0. The zero-order valence-corrected chi connectivity index (χ0v) is 16.4. The molecular weight excluding hydrogens is 393 g/mol. The maximum Gasteiger partial charge on any atom is 0.191 e. The van der Waals surface area contributed by atoms with Gasteiger partial charge in [0.2, 0.25) is 0 Å². The van der Waals surface area contributed by atoms with Gasteiger partial charge in [-0.1, -0.05) is 12.1 Å². The molecule has 1 aromatic rings. The number of ether oxygens (including phenoxy) is 2. The van der Waals surface area contributed by atoms with Crippen molar-refractivity contribution in [2.45, 2.75) is 32.9 Å². The van der Waals surface area contributed by atoms with Gasteiger partial charge in [0.15, 0.2) is 5.96 Å². The van der Waals surface area contributed by atoms with E-state index in [9.17, 15) is 0 Å². The molecule has 22 heavy (non-hydrogen) atoms. The van der Waals surface area contributed by atoms with Crippen LogP contribution in [0, 0.1) is 0 Å². The summed E-state index contributed by atoms with van der Waals surface area (Å²) in [4.78, 5) is 4.22. The number of nitrogens with one attached hydrogen (secondary N) is 2. The second kappa shape index (κ2) is 10.7. The van der Waals surface area contributed by atoms with E-state index in [0.29, 0.717) is 19.8 Å². The number of methoxy groups -OCH3 is 1. The first-order valence-corrected chi connectivity index (χ1v) is 7.14. The van der Waals surface area contributed by atoms with Crippen LogP contribution in [0.15, 0.2) is 29.3 Å². The average Bonchev–Trinajstić information content (AvgIpc) is 2.43. The van der Waals surface area contributed by atoms with E-state index in [1.54, 1.807) is 14.2 Å². The minimum Gasteiger partial charge on any atom is -0.491 e. The van der Waals surface area contributed by atoms with Crippen molar-refractivity contribution in [2.75, 3.05) is 27.4 Å². The Bertz CT molecular complexity index is 459. The van der Waals surface area contributed by atoms with Crippen LogP contribution in [0.4, 0.5) is 0 Å². The molecule has 0 saturated carbocycles. The molecule has 0 fully saturated rings. The van der Waals surface area contributed by atoms with Gasteiger partial charge in [-0.3, -0.25) is 4.99 Å². The molecule has 1 rings (SSSR count). The smallest absolute Gasteiger partial charge is 0.191 e. The Labute approximate surface area is 150 Å². The summed E-state index contributed by atoms with van der Waals surface area (Å²) in [5, 5.41) is 6.62. The lowest BCUT2D eigenvalue weighted by molar-refractivity contribution is 0.146. The van der Waals surface area contributed by atoms with Gasteiger partial charge in [0.1, 0.15) is 12.4 Å². The van der Waals surface area contributed by atoms with E-state index in [1.807, 2.05) is 18.2 Å². The molecule has 0 unspecified atom stereocenters. The van der Waals surface area contributed by atoms with Gasteiger partial charge < -0.3 is 20.1 Å². The molecule has 0 spiro atoms. The largest absolute Gasteiger partial charge is 0.491 e. The van der Waals surface area contributed by atoms with Gasteiger partial charge in [-0.15, -0.1) is 24.0 Å². The highest BCUT2D eigenvalue weighted by Crippen LogP contribution is 2.13. The third-order valence-corrected chi connectivity index (χ3v) is 2.63. The van der Waals surface area contributed by atoms with Crippen LogP contribution in [0.2, 0.25) is 0 Å². The predicted octanol–water partition coefficient (Wildman–Crippen LogP) is 2.79. The van der Waals surface area contributed by atoms with Crippen molar-refractivity contribution in [1.82, 2.24) is 10.6 Å². The van der Waals surface area contributed by atoms with Gasteiger partial charge in [-0.25, -0.2) is 0 Å². The van der Waals surface area contributed by atoms with Crippen LogP contribution in [0.25, 0.3) is 0 Å². The summed E-state index contributed by atoms with van der Waals surface area (Å²) in [6.07, 6.45) is 0. The van der Waals surface area contributed by atoms with Gasteiger partial charge in [0.05, 0.1) is 6.61 Å². The number of aliphatic imine (C=N–C) groups is 1. The molecule has 0 atom stereocenters. The third kappa shape index (κ3) is 9.09. The molecule has 0 saturated heterocycles. The van der Waals surface area contributed by atoms with Crippen LogP contribution in [0.1, 0.15) is 26.3 Å². The first-order valence-electron chi connectivity index (χ1n) is 7.14. The third-order valence-electron chi connectivity index (χ3n) is 2.63. The monoisotopic (exact) mass is 421 g/mol. The highest BCUT2D eigenvalue weighted by atomic mass is 127. The normalized spacial score (nSPS) is 11.6. The van der Waals surface area contributed by atoms with Crippen molar-refractivity contribution in [3.05, 3.63) is 29.8 Å². The summed E-state index contributed by atoms with van der Waals surface area (Å²) >= 11 is 0. The molecule has 0 aromatic heterocycles. The van der Waals surface area contributed by atoms with E-state index in [2.05, 4.69) is 42.5 Å². The number of nitrogens with zero attached hydrogens (tertiary/aromatic N) is 1. The maximum absolute atomic E-state index is 5.60. The number of guanidine groups is 1. The van der Waals surface area contributed by atoms with E-state index in [0.717, 1.165) is 17.3 Å². The van der Waals surface area contributed by atoms with Crippen LogP contribution in [0.3, 0.4) is 0 Å². The Morgan fingerprint density at radius 1 is 1.23 bits per heavy atom. The summed E-state index contributed by atoms with van der Waals surface area (Å²) in [6, 6.07) is 8.01. The fourth-order valence-corrected chi connectivity index (χ4v) is 1.71. The summed E-state index contributed by atoms with van der Waals surface area (Å²) < 4.78 is 10.6. The van der Waals surface area contributed by atoms with Gasteiger partial charge in [0.25, 0.3) is 0 Å². The summed E-state index contributed by atoms with van der Waals surface area (Å²) in [6.45, 7) is 8.14. The standard InChI is InChI=1S/C16H27N3O2.HI/c1-16(2,3)19-15(17-4)18-12-13-7-6-8-14(11-13)21-10-9-20-5;/h6-8,11H,9-10,12H2,1-5H3,(H2,17,18,19);1H. The first-order chi connectivity index (χ1) is 9.94. The Morgan fingerprint density at radius 3 is 2.55 bits per heavy atom. The molecule has 1 aromatic carbocycles. The molecule has 0 aliphatic rings. The molecule has 0 aliphatic heterocycles. The van der Waals surface area contributed by atoms with Gasteiger partial charge in [-0.2, -0.15) is 0 Å². The van der Waals surface area contributed by atoms with Crippen molar-refractivity contribution in [1.29, 1.82) is 0 Å². The molecule has 0 aliphatic carbocycles. The lowest BCUT2D eigenvalue weighted by Gasteiger charge is -2.23. The van der Waals surface area contributed by atoms with Crippen LogP contribution in [-0.2, 0) is 11.3 Å². The zero-order valence-electron chi connectivity index (χ0n) is 14.1. The minimum atomic E-state index is -0.0209. The van der Waals surface area contributed by atoms with Gasteiger partial charge >= 0.3 is 0 Å². The minimum absolute atomic E-state index is 0. The topological polar surface area (TPSA) is 54.9 Å². The molecule has 5 nitrogen and oxygen atoms in total. The zero-order chi connectivity index (χ0) is 15.7. The van der Waals surface area contributed by atoms with Gasteiger partial charge in [-0.05, 0) is 38.5 Å². The summed E-state index contributed by atoms with van der Waals surface area (Å²) in [7, 11) is 3.43. The number of hydrogen-bond acceptors (Lipinski definition) is 3. The average molecular weight is 421 g/mol. The van der Waals surface area contributed by atoms with E-state index >= 15 is 0 Å². The molecule has 6 heteroatoms. The maximum atomic E-state index is 5.60. The lowest BCUT2D eigenvalue weighted by atomic mass is 10.1. The van der Waals surface area contributed by atoms with E-state index in [1.165, 1.54) is 0 Å². The van der Waals surface area contributed by atoms with Crippen molar-refractivity contribution in [3.8, 4) is 5.75 Å². The van der Waals surface area contributed by atoms with E-state index in [4.69, 9.17) is 9.47 Å². The SMILES string of the molecule is CN=C(NCc1cccc(OCCOC)c1)NC(C)(C)C.I. The second-order valence-electron chi connectivity index (χ2n) is 5.79. The highest BCUT2D eigenvalue weighted by Gasteiger charge is 2.11. The predicted molar refractivity (Wildman–Crippen MR) is 102 cm³/mol. The molecular formula is C16H28IN3O2. The van der Waals surface area contributed by atoms with E-state index < -0.39 is 0 Å². The van der Waals surface area contributed by atoms with Crippen molar-refractivity contribution >= 4 is 29.9 Å². The lowest BCUT2D eigenvalue weighted by Crippen LogP contribution is -2.47.